The first kappa shape index (κ1) is 26.1. The number of nitrogens with zero attached hydrogens (tertiary/aromatic N) is 3. The Hall–Kier alpha value is -5.09. The summed E-state index contributed by atoms with van der Waals surface area (Å²) >= 11 is 1.15. The van der Waals surface area contributed by atoms with Crippen molar-refractivity contribution in [3.05, 3.63) is 96.1 Å². The Bertz CT molecular complexity index is 1870. The lowest BCUT2D eigenvalue weighted by molar-refractivity contribution is 0.141. The maximum Gasteiger partial charge on any atom is 0.512 e. The summed E-state index contributed by atoms with van der Waals surface area (Å²) in [7, 11) is 3.12. The van der Waals surface area contributed by atoms with Gasteiger partial charge >= 0.3 is 6.16 Å². The van der Waals surface area contributed by atoms with E-state index in [1.54, 1.807) is 26.4 Å². The molecule has 0 spiro atoms. The van der Waals surface area contributed by atoms with Crippen LogP contribution in [0.15, 0.2) is 84.9 Å². The first-order valence-corrected chi connectivity index (χ1v) is 13.4. The molecule has 2 aromatic heterocycles. The third-order valence-electron chi connectivity index (χ3n) is 6.75. The van der Waals surface area contributed by atoms with Crippen LogP contribution >= 0.6 is 11.7 Å². The minimum absolute atomic E-state index is 0.177. The van der Waals surface area contributed by atoms with Crippen LogP contribution in [0.1, 0.15) is 11.1 Å². The molecule has 6 aromatic rings. The molecule has 0 saturated heterocycles. The van der Waals surface area contributed by atoms with Crippen molar-refractivity contribution in [1.29, 1.82) is 0 Å². The standard InChI is InChI=1S/C31H25N3O6S/c1-37-27-13-9-21(15-28(27)38-2)29-23-11-10-22(39-18-19-6-4-3-5-7-19)16-26(23)34(30(29)40-31(35)36)17-20-8-12-24-25(14-20)33-41-32-24/h3-16H,17-18H2,1-2H3,(H,35,36). The number of carboxylic acid groups (broad SMARTS) is 1. The van der Waals surface area contributed by atoms with Gasteiger partial charge in [0.2, 0.25) is 5.88 Å². The van der Waals surface area contributed by atoms with E-state index in [4.69, 9.17) is 18.9 Å². The van der Waals surface area contributed by atoms with Crippen molar-refractivity contribution in [3.8, 4) is 34.3 Å². The summed E-state index contributed by atoms with van der Waals surface area (Å²) in [6.45, 7) is 0.712. The Morgan fingerprint density at radius 1 is 0.854 bits per heavy atom. The molecule has 0 aliphatic heterocycles. The molecule has 9 nitrogen and oxygen atoms in total. The highest BCUT2D eigenvalue weighted by Crippen LogP contribution is 2.44. The molecule has 0 fully saturated rings. The number of ether oxygens (including phenoxy) is 4. The van der Waals surface area contributed by atoms with Crippen LogP contribution in [0.2, 0.25) is 0 Å². The minimum atomic E-state index is -1.42. The number of methoxy groups -OCH3 is 2. The van der Waals surface area contributed by atoms with Crippen molar-refractivity contribution in [1.82, 2.24) is 13.3 Å². The molecule has 1 N–H and O–H groups in total. The number of hydrogen-bond acceptors (Lipinski definition) is 8. The second-order valence-electron chi connectivity index (χ2n) is 9.24. The molecule has 4 aromatic carbocycles. The van der Waals surface area contributed by atoms with Crippen LogP contribution in [0.25, 0.3) is 33.1 Å². The maximum atomic E-state index is 12.0. The third kappa shape index (κ3) is 5.24. The average Bonchev–Trinajstić information content (AvgIpc) is 3.58. The number of rotatable bonds is 9. The van der Waals surface area contributed by atoms with E-state index in [0.717, 1.165) is 44.8 Å². The third-order valence-corrected chi connectivity index (χ3v) is 7.31. The molecule has 0 aliphatic rings. The van der Waals surface area contributed by atoms with Gasteiger partial charge in [0.05, 0.1) is 43.6 Å². The van der Waals surface area contributed by atoms with Crippen molar-refractivity contribution in [3.63, 3.8) is 0 Å². The first-order valence-electron chi connectivity index (χ1n) is 12.7. The molecule has 0 bridgehead atoms. The second kappa shape index (κ2) is 11.2. The smallest absolute Gasteiger partial charge is 0.493 e. The van der Waals surface area contributed by atoms with Crippen LogP contribution in [0.3, 0.4) is 0 Å². The highest BCUT2D eigenvalue weighted by atomic mass is 32.1. The molecule has 41 heavy (non-hydrogen) atoms. The van der Waals surface area contributed by atoms with Crippen LogP contribution in [0, 0.1) is 0 Å². The Labute approximate surface area is 239 Å². The Balaban J connectivity index is 1.53. The molecule has 6 rings (SSSR count). The summed E-state index contributed by atoms with van der Waals surface area (Å²) in [4.78, 5) is 12.0. The van der Waals surface area contributed by atoms with Crippen LogP contribution in [0.4, 0.5) is 4.79 Å². The van der Waals surface area contributed by atoms with Crippen LogP contribution < -0.4 is 18.9 Å². The molecule has 0 saturated carbocycles. The number of benzene rings is 4. The van der Waals surface area contributed by atoms with Crippen molar-refractivity contribution in [2.75, 3.05) is 14.2 Å². The molecular weight excluding hydrogens is 542 g/mol. The molecule has 0 aliphatic carbocycles. The normalized spacial score (nSPS) is 11.1. The number of carbonyl (C=O) groups is 1. The minimum Gasteiger partial charge on any atom is -0.493 e. The van der Waals surface area contributed by atoms with Crippen molar-refractivity contribution in [2.45, 2.75) is 13.2 Å². The molecule has 10 heteroatoms. The van der Waals surface area contributed by atoms with Gasteiger partial charge in [0.1, 0.15) is 23.4 Å². The van der Waals surface area contributed by atoms with Gasteiger partial charge in [-0.15, -0.1) is 0 Å². The molecule has 0 amide bonds. The highest BCUT2D eigenvalue weighted by Gasteiger charge is 2.24. The largest absolute Gasteiger partial charge is 0.512 e. The second-order valence-corrected chi connectivity index (χ2v) is 9.77. The lowest BCUT2D eigenvalue weighted by atomic mass is 10.0. The predicted molar refractivity (Wildman–Crippen MR) is 156 cm³/mol. The summed E-state index contributed by atoms with van der Waals surface area (Å²) < 4.78 is 33.1. The Morgan fingerprint density at radius 3 is 2.44 bits per heavy atom. The van der Waals surface area contributed by atoms with Gasteiger partial charge in [-0.25, -0.2) is 4.79 Å². The lowest BCUT2D eigenvalue weighted by Gasteiger charge is -2.13. The fraction of sp³-hybridized carbons (Fsp3) is 0.129. The van der Waals surface area contributed by atoms with Gasteiger partial charge < -0.3 is 28.6 Å². The quantitative estimate of drug-likeness (QED) is 0.186. The van der Waals surface area contributed by atoms with E-state index < -0.39 is 6.16 Å². The van der Waals surface area contributed by atoms with Crippen molar-refractivity contribution >= 4 is 39.8 Å². The number of aromatic nitrogens is 3. The van der Waals surface area contributed by atoms with Crippen molar-refractivity contribution < 1.29 is 28.8 Å². The van der Waals surface area contributed by atoms with Gasteiger partial charge in [0.15, 0.2) is 11.5 Å². The lowest BCUT2D eigenvalue weighted by Crippen LogP contribution is -2.10. The fourth-order valence-electron chi connectivity index (χ4n) is 4.86. The van der Waals surface area contributed by atoms with Gasteiger partial charge in [-0.3, -0.25) is 0 Å². The Morgan fingerprint density at radius 2 is 1.66 bits per heavy atom. The van der Waals surface area contributed by atoms with Gasteiger partial charge in [-0.2, -0.15) is 8.75 Å². The van der Waals surface area contributed by atoms with E-state index in [-0.39, 0.29) is 5.88 Å². The SMILES string of the molecule is COc1ccc(-c2c(OC(=O)O)n(Cc3ccc4nsnc4c3)c3cc(OCc4ccccc4)ccc23)cc1OC. The summed E-state index contributed by atoms with van der Waals surface area (Å²) in [5.74, 6) is 1.88. The summed E-state index contributed by atoms with van der Waals surface area (Å²) in [5.41, 5.74) is 5.58. The fourth-order valence-corrected chi connectivity index (χ4v) is 5.38. The Kier molecular flexibility index (Phi) is 7.13. The van der Waals surface area contributed by atoms with Gasteiger partial charge in [0, 0.05) is 11.5 Å². The zero-order chi connectivity index (χ0) is 28.3. The first-order chi connectivity index (χ1) is 20.0. The monoisotopic (exact) mass is 567 g/mol. The molecule has 0 radical (unpaired) electrons. The van der Waals surface area contributed by atoms with E-state index in [1.807, 2.05) is 77.4 Å². The topological polar surface area (TPSA) is 105 Å². The van der Waals surface area contributed by atoms with Crippen LogP contribution in [-0.2, 0) is 13.2 Å². The van der Waals surface area contributed by atoms with Gasteiger partial charge in [-0.05, 0) is 53.1 Å². The summed E-state index contributed by atoms with van der Waals surface area (Å²) in [6, 6.07) is 26.8. The average molecular weight is 568 g/mol. The van der Waals surface area contributed by atoms with Crippen LogP contribution in [-0.4, -0.2) is 38.8 Å². The number of fused-ring (bicyclic) bond motifs is 2. The van der Waals surface area contributed by atoms with Crippen LogP contribution in [0.5, 0.6) is 23.1 Å². The molecule has 2 heterocycles. The van der Waals surface area contributed by atoms with E-state index in [9.17, 15) is 9.90 Å². The molecular formula is C31H25N3O6S. The van der Waals surface area contributed by atoms with E-state index in [1.165, 1.54) is 0 Å². The van der Waals surface area contributed by atoms with Gasteiger partial charge in [0.25, 0.3) is 0 Å². The maximum absolute atomic E-state index is 12.0. The molecule has 0 atom stereocenters. The predicted octanol–water partition coefficient (Wildman–Crippen LogP) is 7.01. The highest BCUT2D eigenvalue weighted by molar-refractivity contribution is 7.00. The van der Waals surface area contributed by atoms with E-state index >= 15 is 0 Å². The molecule has 0 unspecified atom stereocenters. The van der Waals surface area contributed by atoms with E-state index in [0.29, 0.717) is 41.5 Å². The zero-order valence-corrected chi connectivity index (χ0v) is 23.1. The zero-order valence-electron chi connectivity index (χ0n) is 22.2. The summed E-state index contributed by atoms with van der Waals surface area (Å²) in [5, 5.41) is 10.6. The summed E-state index contributed by atoms with van der Waals surface area (Å²) in [6.07, 6.45) is -1.42. The van der Waals surface area contributed by atoms with Crippen molar-refractivity contribution in [2.24, 2.45) is 0 Å². The number of hydrogen-bond donors (Lipinski definition) is 1. The van der Waals surface area contributed by atoms with E-state index in [2.05, 4.69) is 8.75 Å². The van der Waals surface area contributed by atoms with Gasteiger partial charge in [-0.1, -0.05) is 42.5 Å². The molecule has 206 valence electrons.